The number of para-hydroxylation sites is 1. The van der Waals surface area contributed by atoms with Crippen LogP contribution in [0.1, 0.15) is 23.9 Å². The first-order valence-corrected chi connectivity index (χ1v) is 8.46. The largest absolute Gasteiger partial charge is 0.483 e. The van der Waals surface area contributed by atoms with Crippen LogP contribution in [0.25, 0.3) is 0 Å². The van der Waals surface area contributed by atoms with Gasteiger partial charge >= 0.3 is 0 Å². The van der Waals surface area contributed by atoms with E-state index < -0.39 is 0 Å². The second kappa shape index (κ2) is 8.14. The second-order valence-electron chi connectivity index (χ2n) is 5.08. The molecule has 0 unspecified atom stereocenters. The molecule has 0 saturated carbocycles. The molecule has 1 amide bonds. The van der Waals surface area contributed by atoms with Crippen molar-refractivity contribution in [2.45, 2.75) is 27.3 Å². The normalized spacial score (nSPS) is 11.0. The fourth-order valence-corrected chi connectivity index (χ4v) is 2.90. The number of hydrogen-bond acceptors (Lipinski definition) is 3. The minimum absolute atomic E-state index is 0.0642. The van der Waals surface area contributed by atoms with E-state index >= 15 is 0 Å². The van der Waals surface area contributed by atoms with Crippen LogP contribution < -0.4 is 10.2 Å². The van der Waals surface area contributed by atoms with Gasteiger partial charge in [-0.1, -0.05) is 12.1 Å². The van der Waals surface area contributed by atoms with Gasteiger partial charge in [0.05, 0.1) is 9.78 Å². The molecule has 23 heavy (non-hydrogen) atoms. The van der Waals surface area contributed by atoms with Crippen molar-refractivity contribution in [3.8, 4) is 5.75 Å². The van der Waals surface area contributed by atoms with Gasteiger partial charge in [-0.15, -0.1) is 0 Å². The van der Waals surface area contributed by atoms with Crippen LogP contribution in [0.2, 0.25) is 0 Å². The summed E-state index contributed by atoms with van der Waals surface area (Å²) in [4.78, 5) is 11.8. The smallest absolute Gasteiger partial charge is 0.277 e. The monoisotopic (exact) mass is 425 g/mol. The summed E-state index contributed by atoms with van der Waals surface area (Å²) < 4.78 is 8.63. The van der Waals surface area contributed by atoms with E-state index in [1.807, 2.05) is 31.2 Å². The highest BCUT2D eigenvalue weighted by Gasteiger charge is 2.06. The highest BCUT2D eigenvalue weighted by molar-refractivity contribution is 14.1. The lowest BCUT2D eigenvalue weighted by Crippen LogP contribution is -2.24. The highest BCUT2D eigenvalue weighted by atomic mass is 127. The first-order chi connectivity index (χ1) is 11.0. The summed E-state index contributed by atoms with van der Waals surface area (Å²) in [6.07, 6.45) is 1.67. The number of benzene rings is 1. The summed E-state index contributed by atoms with van der Waals surface area (Å²) >= 11 is 2.17. The lowest BCUT2D eigenvalue weighted by atomic mass is 10.3. The highest BCUT2D eigenvalue weighted by Crippen LogP contribution is 2.19. The van der Waals surface area contributed by atoms with Crippen LogP contribution in [-0.4, -0.2) is 23.3 Å². The predicted octanol–water partition coefficient (Wildman–Crippen LogP) is 3.26. The lowest BCUT2D eigenvalue weighted by molar-refractivity contribution is -0.123. The SMILES string of the molecule is CCn1c(C)cc(/C=N/NC(=O)COc2ccccc2I)c1C. The Balaban J connectivity index is 1.88. The molecule has 2 rings (SSSR count). The average molecular weight is 425 g/mol. The van der Waals surface area contributed by atoms with Gasteiger partial charge in [-0.3, -0.25) is 4.79 Å². The van der Waals surface area contributed by atoms with Crippen LogP contribution in [0.3, 0.4) is 0 Å². The van der Waals surface area contributed by atoms with Crippen molar-refractivity contribution < 1.29 is 9.53 Å². The van der Waals surface area contributed by atoms with Crippen LogP contribution in [0.4, 0.5) is 0 Å². The Bertz CT molecular complexity index is 723. The van der Waals surface area contributed by atoms with Crippen LogP contribution in [-0.2, 0) is 11.3 Å². The quantitative estimate of drug-likeness (QED) is 0.439. The van der Waals surface area contributed by atoms with Gasteiger partial charge < -0.3 is 9.30 Å². The maximum Gasteiger partial charge on any atom is 0.277 e. The molecule has 1 aromatic heterocycles. The van der Waals surface area contributed by atoms with Gasteiger partial charge in [0, 0.05) is 23.5 Å². The van der Waals surface area contributed by atoms with Gasteiger partial charge in [-0.05, 0) is 61.6 Å². The number of nitrogens with zero attached hydrogens (tertiary/aromatic N) is 2. The molecule has 0 aliphatic heterocycles. The molecule has 0 atom stereocenters. The molecule has 5 nitrogen and oxygen atoms in total. The Morgan fingerprint density at radius 1 is 1.39 bits per heavy atom. The third-order valence-electron chi connectivity index (χ3n) is 3.52. The topological polar surface area (TPSA) is 55.6 Å². The van der Waals surface area contributed by atoms with Gasteiger partial charge in [-0.25, -0.2) is 5.43 Å². The Morgan fingerprint density at radius 3 is 2.78 bits per heavy atom. The van der Waals surface area contributed by atoms with Crippen molar-refractivity contribution in [3.05, 3.63) is 50.9 Å². The molecule has 0 aliphatic rings. The predicted molar refractivity (Wildman–Crippen MR) is 100.0 cm³/mol. The molecule has 1 aromatic carbocycles. The minimum Gasteiger partial charge on any atom is -0.483 e. The first kappa shape index (κ1) is 17.5. The van der Waals surface area contributed by atoms with Gasteiger partial charge in [0.2, 0.25) is 0 Å². The van der Waals surface area contributed by atoms with E-state index in [4.69, 9.17) is 4.74 Å². The maximum absolute atomic E-state index is 11.8. The number of aromatic nitrogens is 1. The van der Waals surface area contributed by atoms with Crippen LogP contribution in [0.5, 0.6) is 5.75 Å². The zero-order valence-electron chi connectivity index (χ0n) is 13.5. The number of hydrazone groups is 1. The zero-order chi connectivity index (χ0) is 16.8. The van der Waals surface area contributed by atoms with Gasteiger partial charge in [0.1, 0.15) is 5.75 Å². The zero-order valence-corrected chi connectivity index (χ0v) is 15.6. The van der Waals surface area contributed by atoms with E-state index in [-0.39, 0.29) is 12.5 Å². The van der Waals surface area contributed by atoms with E-state index in [9.17, 15) is 4.79 Å². The van der Waals surface area contributed by atoms with Gasteiger partial charge in [0.25, 0.3) is 5.91 Å². The standard InChI is InChI=1S/C17H20IN3O2/c1-4-21-12(2)9-14(13(21)3)10-19-20-17(22)11-23-16-8-6-5-7-15(16)18/h5-10H,4,11H2,1-3H3,(H,20,22)/b19-10+. The van der Waals surface area contributed by atoms with Crippen molar-refractivity contribution in [1.29, 1.82) is 0 Å². The number of aryl methyl sites for hydroxylation is 1. The molecule has 122 valence electrons. The van der Waals surface area contributed by atoms with E-state index in [1.54, 1.807) is 6.21 Å². The number of nitrogens with one attached hydrogen (secondary N) is 1. The summed E-state index contributed by atoms with van der Waals surface area (Å²) in [5.74, 6) is 0.406. The minimum atomic E-state index is -0.287. The molecular formula is C17H20IN3O2. The number of ether oxygens (including phenoxy) is 1. The molecule has 2 aromatic rings. The molecule has 0 radical (unpaired) electrons. The van der Waals surface area contributed by atoms with Crippen LogP contribution in [0, 0.1) is 17.4 Å². The van der Waals surface area contributed by atoms with E-state index in [1.165, 1.54) is 5.69 Å². The summed E-state index contributed by atoms with van der Waals surface area (Å²) in [7, 11) is 0. The first-order valence-electron chi connectivity index (χ1n) is 7.39. The molecule has 0 spiro atoms. The third kappa shape index (κ3) is 4.57. The molecule has 1 heterocycles. The van der Waals surface area contributed by atoms with Gasteiger partial charge in [-0.2, -0.15) is 5.10 Å². The molecule has 0 fully saturated rings. The Labute approximate surface area is 149 Å². The fourth-order valence-electron chi connectivity index (χ4n) is 2.36. The van der Waals surface area contributed by atoms with E-state index in [0.717, 1.165) is 21.4 Å². The fraction of sp³-hybridized carbons (Fsp3) is 0.294. The molecule has 1 N–H and O–H groups in total. The summed E-state index contributed by atoms with van der Waals surface area (Å²) in [6.45, 7) is 7.06. The van der Waals surface area contributed by atoms with Crippen molar-refractivity contribution in [2.24, 2.45) is 5.10 Å². The van der Waals surface area contributed by atoms with Crippen LogP contribution >= 0.6 is 22.6 Å². The Hall–Kier alpha value is -1.83. The lowest BCUT2D eigenvalue weighted by Gasteiger charge is -2.06. The number of rotatable bonds is 6. The molecule has 0 saturated heterocycles. The Morgan fingerprint density at radius 2 is 2.13 bits per heavy atom. The van der Waals surface area contributed by atoms with Crippen molar-refractivity contribution in [2.75, 3.05) is 6.61 Å². The number of amides is 1. The van der Waals surface area contributed by atoms with Crippen molar-refractivity contribution in [1.82, 2.24) is 9.99 Å². The Kier molecular flexibility index (Phi) is 6.20. The van der Waals surface area contributed by atoms with E-state index in [2.05, 4.69) is 57.6 Å². The van der Waals surface area contributed by atoms with Crippen molar-refractivity contribution >= 4 is 34.7 Å². The number of carbonyl (C=O) groups excluding carboxylic acids is 1. The third-order valence-corrected chi connectivity index (χ3v) is 4.41. The molecular weight excluding hydrogens is 405 g/mol. The average Bonchev–Trinajstić information content (AvgIpc) is 2.80. The second-order valence-corrected chi connectivity index (χ2v) is 6.25. The molecule has 0 aliphatic carbocycles. The molecule has 6 heteroatoms. The van der Waals surface area contributed by atoms with E-state index in [0.29, 0.717) is 5.75 Å². The van der Waals surface area contributed by atoms with Gasteiger partial charge in [0.15, 0.2) is 6.61 Å². The maximum atomic E-state index is 11.8. The van der Waals surface area contributed by atoms with Crippen molar-refractivity contribution in [3.63, 3.8) is 0 Å². The summed E-state index contributed by atoms with van der Waals surface area (Å²) in [6, 6.07) is 9.60. The number of hydrogen-bond donors (Lipinski definition) is 1. The number of halogens is 1. The summed E-state index contributed by atoms with van der Waals surface area (Å²) in [5, 5.41) is 4.01. The van der Waals surface area contributed by atoms with Crippen LogP contribution in [0.15, 0.2) is 35.4 Å². The molecule has 0 bridgehead atoms. The summed E-state index contributed by atoms with van der Waals surface area (Å²) in [5.41, 5.74) is 5.81. The number of carbonyl (C=O) groups is 1.